The number of nitrogens with two attached hydrogens (primary N) is 1. The molecule has 1 unspecified atom stereocenters. The normalized spacial score (nSPS) is 16.9. The van der Waals surface area contributed by atoms with Gasteiger partial charge in [-0.25, -0.2) is 0 Å². The molecule has 1 heterocycles. The molecule has 2 N–H and O–H groups in total. The Hall–Kier alpha value is -1.75. The molecule has 2 aromatic carbocycles. The van der Waals surface area contributed by atoms with Gasteiger partial charge in [0, 0.05) is 29.7 Å². The smallest absolute Gasteiger partial charge is 0.254 e. The van der Waals surface area contributed by atoms with Crippen molar-refractivity contribution in [1.29, 1.82) is 0 Å². The van der Waals surface area contributed by atoms with Gasteiger partial charge in [-0.05, 0) is 48.7 Å². The zero-order valence-corrected chi connectivity index (χ0v) is 15.4. The maximum atomic E-state index is 12.6. The summed E-state index contributed by atoms with van der Waals surface area (Å²) in [7, 11) is 0. The zero-order chi connectivity index (χ0) is 16.9. The fourth-order valence-electron chi connectivity index (χ4n) is 2.89. The highest BCUT2D eigenvalue weighted by atomic mass is 35.5. The molecule has 25 heavy (non-hydrogen) atoms. The van der Waals surface area contributed by atoms with Gasteiger partial charge in [0.2, 0.25) is 0 Å². The molecule has 3 rings (SSSR count). The summed E-state index contributed by atoms with van der Waals surface area (Å²) in [5, 5.41) is 0.682. The lowest BCUT2D eigenvalue weighted by Crippen LogP contribution is -2.45. The van der Waals surface area contributed by atoms with Crippen molar-refractivity contribution in [1.82, 2.24) is 4.90 Å². The number of hydrogen-bond donors (Lipinski definition) is 1. The number of nitrogens with zero attached hydrogens (tertiary/aromatic N) is 1. The summed E-state index contributed by atoms with van der Waals surface area (Å²) < 4.78 is 5.79. The summed E-state index contributed by atoms with van der Waals surface area (Å²) in [5.41, 5.74) is 7.59. The van der Waals surface area contributed by atoms with Gasteiger partial charge in [-0.3, -0.25) is 4.79 Å². The van der Waals surface area contributed by atoms with E-state index in [9.17, 15) is 4.79 Å². The second-order valence-electron chi connectivity index (χ2n) is 6.10. The molecule has 0 aromatic heterocycles. The molecule has 0 radical (unpaired) electrons. The van der Waals surface area contributed by atoms with Crippen LogP contribution in [0.5, 0.6) is 5.75 Å². The molecule has 1 fully saturated rings. The summed E-state index contributed by atoms with van der Waals surface area (Å²) in [6.07, 6.45) is 1.93. The fraction of sp³-hybridized carbons (Fsp3) is 0.316. The topological polar surface area (TPSA) is 55.6 Å². The molecule has 0 spiro atoms. The van der Waals surface area contributed by atoms with Gasteiger partial charge in [-0.1, -0.05) is 29.8 Å². The third-order valence-electron chi connectivity index (χ3n) is 4.12. The summed E-state index contributed by atoms with van der Waals surface area (Å²) in [6.45, 7) is 1.79. The van der Waals surface area contributed by atoms with Gasteiger partial charge >= 0.3 is 0 Å². The highest BCUT2D eigenvalue weighted by Gasteiger charge is 2.22. The number of benzene rings is 2. The number of halogens is 2. The molecular formula is C19H22Cl2N2O2. The SMILES string of the molecule is Cl.NC1CCCN(C(=O)c2cccc(OCc3cccc(Cl)c3)c2)C1. The van der Waals surface area contributed by atoms with Crippen molar-refractivity contribution in [3.8, 4) is 5.75 Å². The minimum Gasteiger partial charge on any atom is -0.489 e. The van der Waals surface area contributed by atoms with Crippen LogP contribution in [0.4, 0.5) is 0 Å². The molecule has 6 heteroatoms. The van der Waals surface area contributed by atoms with Crippen LogP contribution >= 0.6 is 24.0 Å². The summed E-state index contributed by atoms with van der Waals surface area (Å²) in [6, 6.07) is 14.9. The lowest BCUT2D eigenvalue weighted by molar-refractivity contribution is 0.0708. The third-order valence-corrected chi connectivity index (χ3v) is 4.36. The molecule has 4 nitrogen and oxygen atoms in total. The van der Waals surface area contributed by atoms with Crippen molar-refractivity contribution in [2.45, 2.75) is 25.5 Å². The molecule has 1 atom stereocenters. The van der Waals surface area contributed by atoms with E-state index in [1.165, 1.54) is 0 Å². The van der Waals surface area contributed by atoms with Crippen LogP contribution in [0.3, 0.4) is 0 Å². The van der Waals surface area contributed by atoms with Gasteiger partial charge in [0.05, 0.1) is 0 Å². The summed E-state index contributed by atoms with van der Waals surface area (Å²) in [5.74, 6) is 0.681. The molecule has 0 saturated carbocycles. The predicted octanol–water partition coefficient (Wildman–Crippen LogP) is 3.90. The van der Waals surface area contributed by atoms with E-state index >= 15 is 0 Å². The largest absolute Gasteiger partial charge is 0.489 e. The minimum absolute atomic E-state index is 0. The van der Waals surface area contributed by atoms with Crippen molar-refractivity contribution in [2.75, 3.05) is 13.1 Å². The Bertz CT molecular complexity index is 724. The van der Waals surface area contributed by atoms with E-state index in [1.54, 1.807) is 6.07 Å². The molecule has 1 aliphatic heterocycles. The molecule has 0 bridgehead atoms. The van der Waals surface area contributed by atoms with Crippen LogP contribution in [-0.4, -0.2) is 29.9 Å². The van der Waals surface area contributed by atoms with Gasteiger partial charge in [-0.2, -0.15) is 0 Å². The molecule has 0 aliphatic carbocycles. The molecule has 1 amide bonds. The van der Waals surface area contributed by atoms with Crippen LogP contribution < -0.4 is 10.5 Å². The van der Waals surface area contributed by atoms with Crippen LogP contribution in [0.15, 0.2) is 48.5 Å². The highest BCUT2D eigenvalue weighted by molar-refractivity contribution is 6.30. The van der Waals surface area contributed by atoms with Crippen molar-refractivity contribution in [2.24, 2.45) is 5.73 Å². The molecule has 1 saturated heterocycles. The molecule has 2 aromatic rings. The Morgan fingerprint density at radius 3 is 2.80 bits per heavy atom. The van der Waals surface area contributed by atoms with Crippen LogP contribution in [0.2, 0.25) is 5.02 Å². The van der Waals surface area contributed by atoms with Crippen LogP contribution in [0.25, 0.3) is 0 Å². The quantitative estimate of drug-likeness (QED) is 0.874. The van der Waals surface area contributed by atoms with Gasteiger partial charge in [-0.15, -0.1) is 12.4 Å². The Morgan fingerprint density at radius 2 is 2.04 bits per heavy atom. The van der Waals surface area contributed by atoms with Crippen LogP contribution in [0, 0.1) is 0 Å². The number of carbonyl (C=O) groups excluding carboxylic acids is 1. The maximum absolute atomic E-state index is 12.6. The number of carbonyl (C=O) groups is 1. The van der Waals surface area contributed by atoms with Crippen LogP contribution in [-0.2, 0) is 6.61 Å². The second kappa shape index (κ2) is 9.09. The Kier molecular flexibility index (Phi) is 7.12. The van der Waals surface area contributed by atoms with Crippen LogP contribution in [0.1, 0.15) is 28.8 Å². The lowest BCUT2D eigenvalue weighted by atomic mass is 10.1. The van der Waals surface area contributed by atoms with Gasteiger partial charge in [0.25, 0.3) is 5.91 Å². The highest BCUT2D eigenvalue weighted by Crippen LogP contribution is 2.19. The molecule has 1 aliphatic rings. The minimum atomic E-state index is 0. The molecule has 134 valence electrons. The third kappa shape index (κ3) is 5.36. The standard InChI is InChI=1S/C19H21ClN2O2.ClH/c20-16-6-1-4-14(10-16)13-24-18-8-2-5-15(11-18)19(23)22-9-3-7-17(21)12-22;/h1-2,4-6,8,10-11,17H,3,7,9,12-13,21H2;1H. The van der Waals surface area contributed by atoms with Gasteiger partial charge in [0.1, 0.15) is 12.4 Å². The van der Waals surface area contributed by atoms with E-state index in [2.05, 4.69) is 0 Å². The summed E-state index contributed by atoms with van der Waals surface area (Å²) in [4.78, 5) is 14.4. The first-order valence-electron chi connectivity index (χ1n) is 8.14. The Morgan fingerprint density at radius 1 is 1.24 bits per heavy atom. The predicted molar refractivity (Wildman–Crippen MR) is 103 cm³/mol. The number of amides is 1. The first-order valence-corrected chi connectivity index (χ1v) is 8.52. The van der Waals surface area contributed by atoms with E-state index < -0.39 is 0 Å². The number of piperidine rings is 1. The monoisotopic (exact) mass is 380 g/mol. The van der Waals surface area contributed by atoms with E-state index in [1.807, 2.05) is 47.4 Å². The van der Waals surface area contributed by atoms with E-state index in [4.69, 9.17) is 22.1 Å². The lowest BCUT2D eigenvalue weighted by Gasteiger charge is -2.30. The average molecular weight is 381 g/mol. The Balaban J connectivity index is 0.00000225. The fourth-order valence-corrected chi connectivity index (χ4v) is 3.10. The zero-order valence-electron chi connectivity index (χ0n) is 13.9. The number of hydrogen-bond acceptors (Lipinski definition) is 3. The number of likely N-dealkylation sites (tertiary alicyclic amines) is 1. The van der Waals surface area contributed by atoms with E-state index in [0.717, 1.165) is 24.9 Å². The van der Waals surface area contributed by atoms with Crippen molar-refractivity contribution in [3.05, 3.63) is 64.7 Å². The second-order valence-corrected chi connectivity index (χ2v) is 6.54. The average Bonchev–Trinajstić information content (AvgIpc) is 2.60. The van der Waals surface area contributed by atoms with Gasteiger partial charge in [0.15, 0.2) is 0 Å². The Labute approximate surface area is 159 Å². The first-order chi connectivity index (χ1) is 11.6. The number of ether oxygens (including phenoxy) is 1. The van der Waals surface area contributed by atoms with Gasteiger partial charge < -0.3 is 15.4 Å². The molecular weight excluding hydrogens is 359 g/mol. The number of rotatable bonds is 4. The van der Waals surface area contributed by atoms with E-state index in [-0.39, 0.29) is 24.4 Å². The first kappa shape index (κ1) is 19.6. The van der Waals surface area contributed by atoms with Crippen molar-refractivity contribution < 1.29 is 9.53 Å². The van der Waals surface area contributed by atoms with E-state index in [0.29, 0.717) is 29.5 Å². The van der Waals surface area contributed by atoms with Crippen molar-refractivity contribution in [3.63, 3.8) is 0 Å². The maximum Gasteiger partial charge on any atom is 0.254 e. The summed E-state index contributed by atoms with van der Waals surface area (Å²) >= 11 is 5.98. The van der Waals surface area contributed by atoms with Crippen molar-refractivity contribution >= 4 is 29.9 Å².